The van der Waals surface area contributed by atoms with E-state index < -0.39 is 17.6 Å². The molecule has 2 N–H and O–H groups in total. The van der Waals surface area contributed by atoms with Crippen LogP contribution in [0.15, 0.2) is 0 Å². The van der Waals surface area contributed by atoms with Gasteiger partial charge in [0.05, 0.1) is 5.92 Å². The molecule has 2 nitrogen and oxygen atoms in total. The number of hydrogen-bond acceptors (Lipinski definition) is 2. The molecule has 3 atom stereocenters. The first kappa shape index (κ1) is 14.1. The van der Waals surface area contributed by atoms with Crippen LogP contribution in [0.2, 0.25) is 0 Å². The highest BCUT2D eigenvalue weighted by atomic mass is 19.4. The molecule has 3 unspecified atom stereocenters. The minimum atomic E-state index is -4.07. The molecule has 0 amide bonds. The van der Waals surface area contributed by atoms with Crippen LogP contribution in [0.25, 0.3) is 0 Å². The van der Waals surface area contributed by atoms with Crippen LogP contribution in [0.5, 0.6) is 0 Å². The van der Waals surface area contributed by atoms with Crippen LogP contribution in [0, 0.1) is 5.92 Å². The topological polar surface area (TPSA) is 29.3 Å². The van der Waals surface area contributed by atoms with E-state index in [1.54, 1.807) is 0 Å². The Balaban J connectivity index is 2.16. The van der Waals surface area contributed by atoms with E-state index in [0.717, 1.165) is 25.8 Å². The maximum absolute atomic E-state index is 12.9. The van der Waals surface area contributed by atoms with Crippen LogP contribution in [0.4, 0.5) is 13.2 Å². The van der Waals surface area contributed by atoms with Gasteiger partial charge < -0.3 is 5.73 Å². The minimum absolute atomic E-state index is 0.192. The van der Waals surface area contributed by atoms with Crippen molar-refractivity contribution in [3.63, 3.8) is 0 Å². The van der Waals surface area contributed by atoms with Crippen LogP contribution < -0.4 is 5.73 Å². The number of likely N-dealkylation sites (tertiary alicyclic amines) is 1. The van der Waals surface area contributed by atoms with E-state index in [-0.39, 0.29) is 12.8 Å². The lowest BCUT2D eigenvalue weighted by Gasteiger charge is -2.48. The van der Waals surface area contributed by atoms with Gasteiger partial charge in [-0.15, -0.1) is 0 Å². The first-order chi connectivity index (χ1) is 8.39. The summed E-state index contributed by atoms with van der Waals surface area (Å²) >= 11 is 0. The van der Waals surface area contributed by atoms with Crippen molar-refractivity contribution in [2.24, 2.45) is 11.7 Å². The predicted molar refractivity (Wildman–Crippen MR) is 65.2 cm³/mol. The van der Waals surface area contributed by atoms with Gasteiger partial charge in [-0.25, -0.2) is 0 Å². The molecule has 1 saturated carbocycles. The third kappa shape index (κ3) is 2.52. The van der Waals surface area contributed by atoms with Crippen molar-refractivity contribution in [1.82, 2.24) is 4.90 Å². The maximum atomic E-state index is 12.9. The average Bonchev–Trinajstić information content (AvgIpc) is 2.75. The lowest BCUT2D eigenvalue weighted by atomic mass is 9.74. The van der Waals surface area contributed by atoms with Gasteiger partial charge in [-0.1, -0.05) is 6.42 Å². The normalized spacial score (nSPS) is 39.2. The fourth-order valence-corrected chi connectivity index (χ4v) is 3.82. The smallest absolute Gasteiger partial charge is 0.329 e. The molecule has 2 aliphatic rings. The summed E-state index contributed by atoms with van der Waals surface area (Å²) in [7, 11) is 0. The van der Waals surface area contributed by atoms with Gasteiger partial charge in [-0.05, 0) is 45.6 Å². The average molecular weight is 264 g/mol. The molecular weight excluding hydrogens is 241 g/mol. The zero-order chi connectivity index (χ0) is 13.4. The number of rotatable bonds is 2. The molecule has 1 heterocycles. The second kappa shape index (κ2) is 5.00. The van der Waals surface area contributed by atoms with Crippen LogP contribution >= 0.6 is 0 Å². The third-order valence-corrected chi connectivity index (χ3v) is 4.83. The largest absolute Gasteiger partial charge is 0.391 e. The number of nitrogens with two attached hydrogens (primary N) is 1. The molecule has 0 bridgehead atoms. The molecule has 0 radical (unpaired) electrons. The molecular formula is C13H23F3N2. The highest BCUT2D eigenvalue weighted by Crippen LogP contribution is 2.45. The molecule has 0 aromatic heterocycles. The summed E-state index contributed by atoms with van der Waals surface area (Å²) in [5, 5.41) is 0. The summed E-state index contributed by atoms with van der Waals surface area (Å²) in [5.74, 6) is -1.16. The van der Waals surface area contributed by atoms with Crippen molar-refractivity contribution in [2.45, 2.75) is 63.2 Å². The van der Waals surface area contributed by atoms with Crippen molar-refractivity contribution in [2.75, 3.05) is 13.1 Å². The standard InChI is InChI=1S/C13H23F3N2/c1-10-4-3-7-18(10)12(9-17)6-2-5-11(8-12)13(14,15)16/h10-11H,2-9,17H2,1H3. The number of hydrogen-bond donors (Lipinski definition) is 1. The Kier molecular flexibility index (Phi) is 3.93. The van der Waals surface area contributed by atoms with Gasteiger partial charge >= 0.3 is 6.18 Å². The summed E-state index contributed by atoms with van der Waals surface area (Å²) < 4.78 is 38.8. The van der Waals surface area contributed by atoms with E-state index in [1.807, 2.05) is 0 Å². The minimum Gasteiger partial charge on any atom is -0.329 e. The van der Waals surface area contributed by atoms with E-state index in [2.05, 4.69) is 11.8 Å². The second-order valence-corrected chi connectivity index (χ2v) is 5.95. The lowest BCUT2D eigenvalue weighted by molar-refractivity contribution is -0.194. The first-order valence-electron chi connectivity index (χ1n) is 6.92. The predicted octanol–water partition coefficient (Wildman–Crippen LogP) is 2.92. The van der Waals surface area contributed by atoms with Crippen LogP contribution in [-0.2, 0) is 0 Å². The molecule has 0 aromatic rings. The summed E-state index contributed by atoms with van der Waals surface area (Å²) in [6.45, 7) is 3.37. The van der Waals surface area contributed by atoms with Crippen molar-refractivity contribution in [3.05, 3.63) is 0 Å². The van der Waals surface area contributed by atoms with E-state index in [4.69, 9.17) is 5.73 Å². The van der Waals surface area contributed by atoms with E-state index in [1.165, 1.54) is 0 Å². The van der Waals surface area contributed by atoms with E-state index in [9.17, 15) is 13.2 Å². The summed E-state index contributed by atoms with van der Waals surface area (Å²) in [5.41, 5.74) is 5.47. The van der Waals surface area contributed by atoms with Gasteiger partial charge in [0.25, 0.3) is 0 Å². The van der Waals surface area contributed by atoms with Crippen molar-refractivity contribution in [1.29, 1.82) is 0 Å². The summed E-state index contributed by atoms with van der Waals surface area (Å²) in [4.78, 5) is 2.25. The molecule has 1 aliphatic heterocycles. The molecule has 5 heteroatoms. The molecule has 0 aromatic carbocycles. The van der Waals surface area contributed by atoms with Crippen LogP contribution in [-0.4, -0.2) is 35.7 Å². The number of alkyl halides is 3. The molecule has 18 heavy (non-hydrogen) atoms. The molecule has 0 spiro atoms. The second-order valence-electron chi connectivity index (χ2n) is 5.95. The maximum Gasteiger partial charge on any atom is 0.391 e. The van der Waals surface area contributed by atoms with Crippen molar-refractivity contribution in [3.8, 4) is 0 Å². The Morgan fingerprint density at radius 1 is 1.28 bits per heavy atom. The van der Waals surface area contributed by atoms with Gasteiger partial charge in [-0.3, -0.25) is 4.90 Å². The van der Waals surface area contributed by atoms with Crippen LogP contribution in [0.1, 0.15) is 45.4 Å². The van der Waals surface area contributed by atoms with Crippen LogP contribution in [0.3, 0.4) is 0 Å². The molecule has 2 fully saturated rings. The number of halogens is 3. The zero-order valence-corrected chi connectivity index (χ0v) is 11.0. The Morgan fingerprint density at radius 2 is 2.00 bits per heavy atom. The Morgan fingerprint density at radius 3 is 2.50 bits per heavy atom. The van der Waals surface area contributed by atoms with Gasteiger partial charge in [0, 0.05) is 18.1 Å². The van der Waals surface area contributed by atoms with Gasteiger partial charge in [0.2, 0.25) is 0 Å². The quantitative estimate of drug-likeness (QED) is 0.831. The summed E-state index contributed by atoms with van der Waals surface area (Å²) in [6.07, 6.45) is 0.0255. The Labute approximate surface area is 107 Å². The fourth-order valence-electron chi connectivity index (χ4n) is 3.82. The highest BCUT2D eigenvalue weighted by Gasteiger charge is 2.50. The molecule has 106 valence electrons. The van der Waals surface area contributed by atoms with E-state index >= 15 is 0 Å². The lowest BCUT2D eigenvalue weighted by Crippen LogP contribution is -2.58. The van der Waals surface area contributed by atoms with Gasteiger partial charge in [0.1, 0.15) is 0 Å². The SMILES string of the molecule is CC1CCCN1C1(CN)CCCC(C(F)(F)F)C1. The van der Waals surface area contributed by atoms with Gasteiger partial charge in [-0.2, -0.15) is 13.2 Å². The third-order valence-electron chi connectivity index (χ3n) is 4.83. The zero-order valence-electron chi connectivity index (χ0n) is 11.0. The summed E-state index contributed by atoms with van der Waals surface area (Å²) in [6, 6.07) is 0.375. The Bertz CT molecular complexity index is 292. The van der Waals surface area contributed by atoms with Crippen molar-refractivity contribution >= 4 is 0 Å². The molecule has 1 aliphatic carbocycles. The van der Waals surface area contributed by atoms with E-state index in [0.29, 0.717) is 19.0 Å². The van der Waals surface area contributed by atoms with Gasteiger partial charge in [0.15, 0.2) is 0 Å². The highest BCUT2D eigenvalue weighted by molar-refractivity contribution is 5.01. The first-order valence-corrected chi connectivity index (χ1v) is 6.92. The monoisotopic (exact) mass is 264 g/mol. The Hall–Kier alpha value is -0.290. The molecule has 2 rings (SSSR count). The fraction of sp³-hybridized carbons (Fsp3) is 1.00. The van der Waals surface area contributed by atoms with Crippen molar-refractivity contribution < 1.29 is 13.2 Å². The molecule has 1 saturated heterocycles. The number of nitrogens with zero attached hydrogens (tertiary/aromatic N) is 1.